The maximum absolute atomic E-state index is 13.1. The number of ether oxygens (including phenoxy) is 2. The number of unbranched alkanes of at least 4 members (excludes halogenated alkanes) is 32. The Morgan fingerprint density at radius 2 is 0.692 bits per heavy atom. The van der Waals surface area contributed by atoms with E-state index in [9.17, 15) is 30.3 Å². The predicted molar refractivity (Wildman–Crippen MR) is 391 cm³/mol. The number of carbonyl (C=O) groups excluding carboxylic acids is 1. The molecule has 7 unspecified atom stereocenters. The second-order valence-electron chi connectivity index (χ2n) is 25.3. The Balaban J connectivity index is 2.18. The SMILES string of the molecule is CC/C=C\C/C=C\C/C=C\C/C=C\C/C=C\C/C=C\C/C=C\C/C=C\C/C=C\C/C=C\CCCCCCCCC(=O)NC(COC1OC(CO)C(O)C(O)C1O)C(O)/C=C/CC/C=C/CCCCCCCCCCCCCCCCCCCCCCCCCCC. The van der Waals surface area contributed by atoms with Crippen molar-refractivity contribution in [3.05, 3.63) is 146 Å². The van der Waals surface area contributed by atoms with Crippen molar-refractivity contribution in [3.63, 3.8) is 0 Å². The molecule has 0 aromatic rings. The molecule has 0 spiro atoms. The fourth-order valence-corrected chi connectivity index (χ4v) is 11.1. The summed E-state index contributed by atoms with van der Waals surface area (Å²) in [4.78, 5) is 13.1. The van der Waals surface area contributed by atoms with Crippen molar-refractivity contribution >= 4 is 5.91 Å². The first kappa shape index (κ1) is 85.1. The molecule has 1 rings (SSSR count). The molecule has 91 heavy (non-hydrogen) atoms. The highest BCUT2D eigenvalue weighted by Gasteiger charge is 2.44. The summed E-state index contributed by atoms with van der Waals surface area (Å²) in [7, 11) is 0. The molecule has 1 amide bonds. The molecular formula is C82H139NO8. The molecule has 1 aliphatic rings. The topological polar surface area (TPSA) is 149 Å². The van der Waals surface area contributed by atoms with E-state index in [2.05, 4.69) is 153 Å². The summed E-state index contributed by atoms with van der Waals surface area (Å²) in [6, 6.07) is -0.843. The van der Waals surface area contributed by atoms with Crippen molar-refractivity contribution < 1.29 is 39.8 Å². The van der Waals surface area contributed by atoms with Gasteiger partial charge in [-0.3, -0.25) is 4.79 Å². The van der Waals surface area contributed by atoms with Gasteiger partial charge in [0.1, 0.15) is 24.4 Å². The number of allylic oxidation sites excluding steroid dienone is 23. The first-order valence-corrected chi connectivity index (χ1v) is 37.6. The Morgan fingerprint density at radius 3 is 1.05 bits per heavy atom. The molecule has 1 heterocycles. The van der Waals surface area contributed by atoms with E-state index in [1.165, 1.54) is 161 Å². The molecule has 9 nitrogen and oxygen atoms in total. The van der Waals surface area contributed by atoms with E-state index in [1.54, 1.807) is 6.08 Å². The first-order chi connectivity index (χ1) is 44.8. The van der Waals surface area contributed by atoms with Gasteiger partial charge in [-0.25, -0.2) is 0 Å². The van der Waals surface area contributed by atoms with E-state index < -0.39 is 49.5 Å². The van der Waals surface area contributed by atoms with E-state index in [4.69, 9.17) is 9.47 Å². The van der Waals surface area contributed by atoms with E-state index >= 15 is 0 Å². The number of rotatable bonds is 64. The van der Waals surface area contributed by atoms with Gasteiger partial charge in [-0.05, 0) is 109 Å². The van der Waals surface area contributed by atoms with Gasteiger partial charge in [-0.15, -0.1) is 0 Å². The van der Waals surface area contributed by atoms with Gasteiger partial charge < -0.3 is 40.3 Å². The summed E-state index contributed by atoms with van der Waals surface area (Å²) in [6.07, 6.45) is 99.6. The second kappa shape index (κ2) is 68.9. The monoisotopic (exact) mass is 1270 g/mol. The van der Waals surface area contributed by atoms with Crippen molar-refractivity contribution in [2.75, 3.05) is 13.2 Å². The molecule has 0 bridgehead atoms. The standard InChI is InChI=1S/C82H139NO8/c1-3-5-7-9-11-13-15-17-19-21-23-25-27-29-31-33-35-36-37-38-39-40-42-44-46-48-50-52-54-56-58-60-62-64-66-68-70-72-78(86)83-75(74-90-82-81(89)80(88)79(87)77(73-84)91-82)76(85)71-69-67-65-63-61-59-57-55-53-51-49-47-45-43-41-34-32-30-28-26-24-22-20-18-16-14-12-10-8-6-4-2/h5,7,11,13,17,19,23,25,29,31,35-36,38-39,42,44,48,50,54,56,61,63,69,71,75-77,79-82,84-85,87-89H,3-4,6,8-10,12,14-16,18,20-22,24,26-28,30,32-34,37,40-41,43,45-47,49,51-53,55,57-60,62,64-68,70,72-74H2,1-2H3,(H,83,86)/b7-5-,13-11-,19-17-,25-23-,31-29-,36-35-,39-38-,44-42-,50-48-,56-54-,63-61+,71-69+. The molecule has 0 aromatic carbocycles. The van der Waals surface area contributed by atoms with Gasteiger partial charge in [-0.2, -0.15) is 0 Å². The van der Waals surface area contributed by atoms with Crippen LogP contribution in [-0.4, -0.2) is 87.5 Å². The molecule has 1 aliphatic heterocycles. The smallest absolute Gasteiger partial charge is 0.220 e. The minimum absolute atomic E-state index is 0.204. The van der Waals surface area contributed by atoms with E-state index in [1.807, 2.05) is 6.08 Å². The quantitative estimate of drug-likeness (QED) is 0.0261. The van der Waals surface area contributed by atoms with Crippen molar-refractivity contribution in [2.45, 2.75) is 352 Å². The average Bonchev–Trinajstić information content (AvgIpc) is 1.70. The van der Waals surface area contributed by atoms with Crippen molar-refractivity contribution in [1.82, 2.24) is 5.32 Å². The van der Waals surface area contributed by atoms with Gasteiger partial charge in [-0.1, -0.05) is 339 Å². The largest absolute Gasteiger partial charge is 0.394 e. The summed E-state index contributed by atoms with van der Waals surface area (Å²) in [6.45, 7) is 3.66. The van der Waals surface area contributed by atoms with Crippen LogP contribution in [0.25, 0.3) is 0 Å². The second-order valence-corrected chi connectivity index (χ2v) is 25.3. The number of aliphatic hydroxyl groups is 5. The Labute approximate surface area is 559 Å². The molecule has 1 fully saturated rings. The van der Waals surface area contributed by atoms with E-state index in [-0.39, 0.29) is 12.5 Å². The van der Waals surface area contributed by atoms with E-state index in [0.29, 0.717) is 6.42 Å². The number of hydrogen-bond acceptors (Lipinski definition) is 8. The number of aliphatic hydroxyl groups excluding tert-OH is 5. The van der Waals surface area contributed by atoms with Gasteiger partial charge in [0.05, 0.1) is 25.4 Å². The molecule has 6 N–H and O–H groups in total. The van der Waals surface area contributed by atoms with Crippen molar-refractivity contribution in [3.8, 4) is 0 Å². The molecule has 520 valence electrons. The first-order valence-electron chi connectivity index (χ1n) is 37.6. The molecular weight excluding hydrogens is 1130 g/mol. The van der Waals surface area contributed by atoms with Gasteiger partial charge in [0.15, 0.2) is 6.29 Å². The van der Waals surface area contributed by atoms with Crippen LogP contribution < -0.4 is 5.32 Å². The van der Waals surface area contributed by atoms with Crippen LogP contribution in [0.15, 0.2) is 146 Å². The van der Waals surface area contributed by atoms with Crippen LogP contribution >= 0.6 is 0 Å². The molecule has 0 saturated carbocycles. The lowest BCUT2D eigenvalue weighted by Crippen LogP contribution is -2.60. The highest BCUT2D eigenvalue weighted by atomic mass is 16.7. The zero-order chi connectivity index (χ0) is 65.7. The summed E-state index contributed by atoms with van der Waals surface area (Å²) < 4.78 is 11.3. The van der Waals surface area contributed by atoms with Gasteiger partial charge in [0.2, 0.25) is 5.91 Å². The zero-order valence-corrected chi connectivity index (χ0v) is 58.3. The zero-order valence-electron chi connectivity index (χ0n) is 58.3. The van der Waals surface area contributed by atoms with Crippen LogP contribution in [0, 0.1) is 0 Å². The molecule has 7 atom stereocenters. The highest BCUT2D eigenvalue weighted by Crippen LogP contribution is 2.23. The normalized spacial score (nSPS) is 18.6. The summed E-state index contributed by atoms with van der Waals surface area (Å²) in [5.74, 6) is -0.204. The number of hydrogen-bond donors (Lipinski definition) is 6. The fraction of sp³-hybridized carbons (Fsp3) is 0.695. The lowest BCUT2D eigenvalue weighted by Gasteiger charge is -2.40. The van der Waals surface area contributed by atoms with Crippen LogP contribution in [0.4, 0.5) is 0 Å². The third-order valence-electron chi connectivity index (χ3n) is 16.9. The molecule has 0 radical (unpaired) electrons. The van der Waals surface area contributed by atoms with Crippen LogP contribution in [-0.2, 0) is 14.3 Å². The Hall–Kier alpha value is -3.93. The van der Waals surface area contributed by atoms with E-state index in [0.717, 1.165) is 128 Å². The summed E-state index contributed by atoms with van der Waals surface area (Å²) in [5, 5.41) is 54.8. The molecule has 0 aliphatic carbocycles. The minimum Gasteiger partial charge on any atom is -0.394 e. The highest BCUT2D eigenvalue weighted by molar-refractivity contribution is 5.76. The van der Waals surface area contributed by atoms with Crippen LogP contribution in [0.1, 0.15) is 309 Å². The number of amides is 1. The number of nitrogens with one attached hydrogen (secondary N) is 1. The maximum atomic E-state index is 13.1. The lowest BCUT2D eigenvalue weighted by atomic mass is 9.99. The molecule has 9 heteroatoms. The predicted octanol–water partition coefficient (Wildman–Crippen LogP) is 21.3. The Bertz CT molecular complexity index is 1950. The van der Waals surface area contributed by atoms with Gasteiger partial charge in [0.25, 0.3) is 0 Å². The number of carbonyl (C=O) groups is 1. The van der Waals surface area contributed by atoms with Crippen LogP contribution in [0.2, 0.25) is 0 Å². The summed E-state index contributed by atoms with van der Waals surface area (Å²) in [5.41, 5.74) is 0. The fourth-order valence-electron chi connectivity index (χ4n) is 11.1. The summed E-state index contributed by atoms with van der Waals surface area (Å²) >= 11 is 0. The lowest BCUT2D eigenvalue weighted by molar-refractivity contribution is -0.302. The van der Waals surface area contributed by atoms with Crippen LogP contribution in [0.5, 0.6) is 0 Å². The maximum Gasteiger partial charge on any atom is 0.220 e. The van der Waals surface area contributed by atoms with Gasteiger partial charge >= 0.3 is 0 Å². The minimum atomic E-state index is -1.59. The van der Waals surface area contributed by atoms with Crippen molar-refractivity contribution in [2.24, 2.45) is 0 Å². The third-order valence-corrected chi connectivity index (χ3v) is 16.9. The van der Waals surface area contributed by atoms with Crippen molar-refractivity contribution in [1.29, 1.82) is 0 Å². The Morgan fingerprint density at radius 1 is 0.385 bits per heavy atom. The van der Waals surface area contributed by atoms with Gasteiger partial charge in [0, 0.05) is 6.42 Å². The molecule has 0 aromatic heterocycles. The third kappa shape index (κ3) is 57.3. The molecule has 1 saturated heterocycles. The average molecular weight is 1270 g/mol. The Kier molecular flexibility index (Phi) is 64.4. The van der Waals surface area contributed by atoms with Crippen LogP contribution in [0.3, 0.4) is 0 Å².